The molecule has 3 rings (SSSR count). The van der Waals surface area contributed by atoms with Crippen molar-refractivity contribution < 1.29 is 9.53 Å². The van der Waals surface area contributed by atoms with Crippen LogP contribution < -0.4 is 15.8 Å². The number of carbonyl (C=O) groups excluding carboxylic acids is 1. The number of carbonyl (C=O) groups is 1. The fraction of sp³-hybridized carbons (Fsp3) is 0.0769. The molecule has 0 saturated carbocycles. The molecule has 0 unspecified atom stereocenters. The van der Waals surface area contributed by atoms with Crippen LogP contribution in [0.4, 0.5) is 11.5 Å². The summed E-state index contributed by atoms with van der Waals surface area (Å²) in [5, 5.41) is 2.68. The monoisotopic (exact) mass is 241 g/mol. The molecule has 1 aromatic carbocycles. The van der Waals surface area contributed by atoms with Crippen LogP contribution in [0.15, 0.2) is 36.5 Å². The Morgan fingerprint density at radius 3 is 2.78 bits per heavy atom. The van der Waals surface area contributed by atoms with E-state index in [-0.39, 0.29) is 5.91 Å². The smallest absolute Gasteiger partial charge is 0.230 e. The average molecular weight is 241 g/mol. The minimum absolute atomic E-state index is 0.0640. The fourth-order valence-electron chi connectivity index (χ4n) is 1.85. The minimum atomic E-state index is -0.0640. The van der Waals surface area contributed by atoms with Crippen molar-refractivity contribution in [2.45, 2.75) is 6.42 Å². The number of nitrogens with two attached hydrogens (primary N) is 1. The van der Waals surface area contributed by atoms with Gasteiger partial charge in [-0.2, -0.15) is 0 Å². The maximum absolute atomic E-state index is 11.3. The number of nitrogen functional groups attached to an aromatic ring is 1. The predicted octanol–water partition coefficient (Wildman–Crippen LogP) is 1.95. The largest absolute Gasteiger partial charge is 0.457 e. The molecule has 0 radical (unpaired) electrons. The van der Waals surface area contributed by atoms with E-state index in [0.717, 1.165) is 5.56 Å². The Labute approximate surface area is 104 Å². The molecule has 0 aliphatic carbocycles. The molecular formula is C13H11N3O2. The zero-order valence-electron chi connectivity index (χ0n) is 9.51. The highest BCUT2D eigenvalue weighted by Crippen LogP contribution is 2.32. The molecule has 0 atom stereocenters. The Hall–Kier alpha value is -2.56. The first-order valence-electron chi connectivity index (χ1n) is 5.53. The van der Waals surface area contributed by atoms with Gasteiger partial charge in [0.15, 0.2) is 0 Å². The van der Waals surface area contributed by atoms with E-state index in [9.17, 15) is 4.79 Å². The molecule has 3 N–H and O–H groups in total. The molecule has 0 bridgehead atoms. The van der Waals surface area contributed by atoms with Crippen LogP contribution in [-0.4, -0.2) is 10.9 Å². The summed E-state index contributed by atoms with van der Waals surface area (Å²) in [6.07, 6.45) is 1.91. The van der Waals surface area contributed by atoms with E-state index >= 15 is 0 Å². The number of aromatic nitrogens is 1. The van der Waals surface area contributed by atoms with E-state index in [2.05, 4.69) is 10.3 Å². The Balaban J connectivity index is 1.92. The summed E-state index contributed by atoms with van der Waals surface area (Å²) in [5.74, 6) is 1.83. The van der Waals surface area contributed by atoms with Gasteiger partial charge in [0.1, 0.15) is 17.3 Å². The Kier molecular flexibility index (Phi) is 2.37. The first-order chi connectivity index (χ1) is 8.72. The van der Waals surface area contributed by atoms with Gasteiger partial charge in [0, 0.05) is 17.4 Å². The number of benzene rings is 1. The number of hydrogen-bond donors (Lipinski definition) is 2. The van der Waals surface area contributed by atoms with Crippen molar-refractivity contribution in [1.82, 2.24) is 4.98 Å². The Morgan fingerprint density at radius 1 is 1.22 bits per heavy atom. The van der Waals surface area contributed by atoms with Crippen LogP contribution in [0.5, 0.6) is 11.5 Å². The van der Waals surface area contributed by atoms with E-state index < -0.39 is 0 Å². The summed E-state index contributed by atoms with van der Waals surface area (Å²) in [6.45, 7) is 0. The standard InChI is InChI=1S/C13H11N3O2/c14-8-1-3-9(4-2-8)18-11-5-6-15-13-10(11)7-12(17)16-13/h1-6H,7,14H2,(H,15,16,17). The van der Waals surface area contributed by atoms with Gasteiger partial charge in [0.05, 0.1) is 6.42 Å². The molecule has 5 heteroatoms. The number of anilines is 2. The van der Waals surface area contributed by atoms with E-state index in [1.54, 1.807) is 36.5 Å². The van der Waals surface area contributed by atoms with Crippen LogP contribution in [0.1, 0.15) is 5.56 Å². The molecule has 2 heterocycles. The summed E-state index contributed by atoms with van der Waals surface area (Å²) in [6, 6.07) is 8.84. The van der Waals surface area contributed by atoms with E-state index in [1.807, 2.05) is 0 Å². The number of fused-ring (bicyclic) bond motifs is 1. The van der Waals surface area contributed by atoms with Crippen LogP contribution in [-0.2, 0) is 11.2 Å². The zero-order valence-corrected chi connectivity index (χ0v) is 9.51. The summed E-state index contributed by atoms with van der Waals surface area (Å²) < 4.78 is 5.74. The van der Waals surface area contributed by atoms with Gasteiger partial charge in [-0.05, 0) is 30.3 Å². The van der Waals surface area contributed by atoms with Crippen LogP contribution >= 0.6 is 0 Å². The van der Waals surface area contributed by atoms with Crippen LogP contribution in [0, 0.1) is 0 Å². The van der Waals surface area contributed by atoms with E-state index in [4.69, 9.17) is 10.5 Å². The summed E-state index contributed by atoms with van der Waals surface area (Å²) in [4.78, 5) is 15.4. The first kappa shape index (κ1) is 10.6. The second kappa shape index (κ2) is 4.03. The molecule has 1 amide bonds. The highest BCUT2D eigenvalue weighted by Gasteiger charge is 2.22. The number of nitrogens with one attached hydrogen (secondary N) is 1. The normalized spacial score (nSPS) is 13.0. The summed E-state index contributed by atoms with van der Waals surface area (Å²) in [5.41, 5.74) is 7.08. The van der Waals surface area contributed by atoms with Gasteiger partial charge < -0.3 is 15.8 Å². The van der Waals surface area contributed by atoms with Crippen molar-refractivity contribution in [3.63, 3.8) is 0 Å². The van der Waals surface area contributed by atoms with Gasteiger partial charge in [0.2, 0.25) is 5.91 Å². The number of hydrogen-bond acceptors (Lipinski definition) is 4. The molecule has 1 aromatic heterocycles. The summed E-state index contributed by atoms with van der Waals surface area (Å²) >= 11 is 0. The van der Waals surface area contributed by atoms with Crippen molar-refractivity contribution in [3.8, 4) is 11.5 Å². The van der Waals surface area contributed by atoms with Crippen LogP contribution in [0.2, 0.25) is 0 Å². The van der Waals surface area contributed by atoms with Gasteiger partial charge in [0.25, 0.3) is 0 Å². The zero-order chi connectivity index (χ0) is 12.5. The first-order valence-corrected chi connectivity index (χ1v) is 5.53. The molecule has 1 aliphatic rings. The third-order valence-electron chi connectivity index (χ3n) is 2.72. The molecule has 5 nitrogen and oxygen atoms in total. The topological polar surface area (TPSA) is 77.2 Å². The fourth-order valence-corrected chi connectivity index (χ4v) is 1.85. The third kappa shape index (κ3) is 1.86. The number of nitrogens with zero attached hydrogens (tertiary/aromatic N) is 1. The number of rotatable bonds is 2. The second-order valence-electron chi connectivity index (χ2n) is 4.03. The van der Waals surface area contributed by atoms with Crippen molar-refractivity contribution in [2.24, 2.45) is 0 Å². The van der Waals surface area contributed by atoms with Gasteiger partial charge in [-0.15, -0.1) is 0 Å². The Bertz CT molecular complexity index is 608. The van der Waals surface area contributed by atoms with Crippen LogP contribution in [0.25, 0.3) is 0 Å². The lowest BCUT2D eigenvalue weighted by Gasteiger charge is -2.08. The molecule has 90 valence electrons. The molecule has 2 aromatic rings. The number of amides is 1. The van der Waals surface area contributed by atoms with Crippen molar-refractivity contribution in [1.29, 1.82) is 0 Å². The maximum Gasteiger partial charge on any atom is 0.230 e. The lowest BCUT2D eigenvalue weighted by molar-refractivity contribution is -0.115. The van der Waals surface area contributed by atoms with E-state index in [0.29, 0.717) is 29.4 Å². The SMILES string of the molecule is Nc1ccc(Oc2ccnc3c2CC(=O)N3)cc1. The lowest BCUT2D eigenvalue weighted by atomic mass is 10.2. The molecular weight excluding hydrogens is 230 g/mol. The lowest BCUT2D eigenvalue weighted by Crippen LogP contribution is -2.04. The third-order valence-corrected chi connectivity index (χ3v) is 2.72. The maximum atomic E-state index is 11.3. The van der Waals surface area contributed by atoms with Gasteiger partial charge >= 0.3 is 0 Å². The highest BCUT2D eigenvalue weighted by atomic mass is 16.5. The number of ether oxygens (including phenoxy) is 1. The molecule has 0 saturated heterocycles. The van der Waals surface area contributed by atoms with E-state index in [1.165, 1.54) is 0 Å². The summed E-state index contributed by atoms with van der Waals surface area (Å²) in [7, 11) is 0. The van der Waals surface area contributed by atoms with Crippen molar-refractivity contribution in [2.75, 3.05) is 11.1 Å². The van der Waals surface area contributed by atoms with Gasteiger partial charge in [-0.25, -0.2) is 4.98 Å². The Morgan fingerprint density at radius 2 is 2.00 bits per heavy atom. The second-order valence-corrected chi connectivity index (χ2v) is 4.03. The molecule has 0 spiro atoms. The average Bonchev–Trinajstić information content (AvgIpc) is 2.73. The highest BCUT2D eigenvalue weighted by molar-refractivity contribution is 5.98. The molecule has 0 fully saturated rings. The predicted molar refractivity (Wildman–Crippen MR) is 67.5 cm³/mol. The van der Waals surface area contributed by atoms with Crippen molar-refractivity contribution >= 4 is 17.4 Å². The minimum Gasteiger partial charge on any atom is -0.457 e. The molecule has 18 heavy (non-hydrogen) atoms. The number of pyridine rings is 1. The molecule has 1 aliphatic heterocycles. The quantitative estimate of drug-likeness (QED) is 0.788. The van der Waals surface area contributed by atoms with Gasteiger partial charge in [-0.3, -0.25) is 4.79 Å². The van der Waals surface area contributed by atoms with Crippen LogP contribution in [0.3, 0.4) is 0 Å². The van der Waals surface area contributed by atoms with Crippen molar-refractivity contribution in [3.05, 3.63) is 42.1 Å². The van der Waals surface area contributed by atoms with Gasteiger partial charge in [-0.1, -0.05) is 0 Å².